The number of fused-ring (bicyclic) bond motifs is 1. The van der Waals surface area contributed by atoms with Crippen LogP contribution in [0.15, 0.2) is 24.3 Å². The predicted molar refractivity (Wildman–Crippen MR) is 129 cm³/mol. The number of alkyl halides is 2. The van der Waals surface area contributed by atoms with Crippen molar-refractivity contribution in [3.63, 3.8) is 0 Å². The Balaban J connectivity index is 1.57. The van der Waals surface area contributed by atoms with Crippen molar-refractivity contribution in [3.8, 4) is 5.82 Å². The van der Waals surface area contributed by atoms with Crippen molar-refractivity contribution < 1.29 is 13.5 Å². The summed E-state index contributed by atoms with van der Waals surface area (Å²) in [6.07, 6.45) is 2.98. The lowest BCUT2D eigenvalue weighted by Gasteiger charge is -2.30. The smallest absolute Gasteiger partial charge is 0.296 e. The highest BCUT2D eigenvalue weighted by Gasteiger charge is 2.25. The average Bonchev–Trinajstić information content (AvgIpc) is 3.24. The Kier molecular flexibility index (Phi) is 6.63. The minimum absolute atomic E-state index is 0.284. The van der Waals surface area contributed by atoms with Crippen LogP contribution in [0.3, 0.4) is 0 Å². The highest BCUT2D eigenvalue weighted by Crippen LogP contribution is 2.31. The molecule has 2 aliphatic rings. The van der Waals surface area contributed by atoms with E-state index in [0.29, 0.717) is 54.9 Å². The van der Waals surface area contributed by atoms with E-state index >= 15 is 0 Å². The van der Waals surface area contributed by atoms with E-state index in [1.54, 1.807) is 12.1 Å². The fourth-order valence-electron chi connectivity index (χ4n) is 5.04. The summed E-state index contributed by atoms with van der Waals surface area (Å²) in [6.45, 7) is 6.80. The lowest BCUT2D eigenvalue weighted by Crippen LogP contribution is -2.37. The molecule has 0 bridgehead atoms. The average molecular weight is 471 g/mol. The highest BCUT2D eigenvalue weighted by molar-refractivity contribution is 5.79. The molecule has 2 fully saturated rings. The first-order chi connectivity index (χ1) is 16.5. The number of imidazole rings is 1. The van der Waals surface area contributed by atoms with E-state index in [1.807, 2.05) is 19.1 Å². The normalized spacial score (nSPS) is 21.4. The molecule has 9 heteroatoms. The first-order valence-corrected chi connectivity index (χ1v) is 12.3. The predicted octanol–water partition coefficient (Wildman–Crippen LogP) is 5.28. The molecule has 1 N–H and O–H groups in total. The number of nitrogens with zero attached hydrogens (tertiary/aromatic N) is 5. The van der Waals surface area contributed by atoms with Crippen molar-refractivity contribution in [1.82, 2.24) is 19.5 Å². The van der Waals surface area contributed by atoms with Crippen LogP contribution in [0.2, 0.25) is 0 Å². The largest absolute Gasteiger partial charge is 0.378 e. The molecule has 1 saturated heterocycles. The SMILES string of the molecule is CCC1CCC(Nc2nc(N3CCOCC3)cc(-n3c(C(F)F)nc4ccc(C)cc43)n2)CC1. The molecule has 3 heterocycles. The van der Waals surface area contributed by atoms with Crippen LogP contribution in [0.5, 0.6) is 0 Å². The molecular formula is C25H32F2N6O. The van der Waals surface area contributed by atoms with Crippen LogP contribution in [0.4, 0.5) is 20.5 Å². The molecule has 0 unspecified atom stereocenters. The van der Waals surface area contributed by atoms with E-state index in [4.69, 9.17) is 14.7 Å². The second-order valence-corrected chi connectivity index (χ2v) is 9.38. The molecule has 2 aromatic heterocycles. The topological polar surface area (TPSA) is 68.1 Å². The van der Waals surface area contributed by atoms with E-state index in [-0.39, 0.29) is 11.9 Å². The highest BCUT2D eigenvalue weighted by atomic mass is 19.3. The van der Waals surface area contributed by atoms with Gasteiger partial charge in [0, 0.05) is 25.2 Å². The second-order valence-electron chi connectivity index (χ2n) is 9.38. The molecule has 5 rings (SSSR count). The van der Waals surface area contributed by atoms with Crippen LogP contribution >= 0.6 is 0 Å². The molecule has 182 valence electrons. The maximum absolute atomic E-state index is 14.1. The molecular weight excluding hydrogens is 438 g/mol. The molecule has 0 atom stereocenters. The molecule has 1 aromatic carbocycles. The van der Waals surface area contributed by atoms with Crippen molar-refractivity contribution >= 4 is 22.8 Å². The Labute approximate surface area is 198 Å². The third-order valence-electron chi connectivity index (χ3n) is 7.05. The Bertz CT molecular complexity index is 1140. The Morgan fingerprint density at radius 1 is 1.03 bits per heavy atom. The van der Waals surface area contributed by atoms with Gasteiger partial charge in [0.2, 0.25) is 5.95 Å². The fourth-order valence-corrected chi connectivity index (χ4v) is 5.04. The van der Waals surface area contributed by atoms with Gasteiger partial charge in [-0.1, -0.05) is 19.4 Å². The Morgan fingerprint density at radius 2 is 1.76 bits per heavy atom. The van der Waals surface area contributed by atoms with Crippen LogP contribution in [0, 0.1) is 12.8 Å². The molecule has 1 aliphatic heterocycles. The summed E-state index contributed by atoms with van der Waals surface area (Å²) in [5.74, 6) is 2.08. The number of ether oxygens (including phenoxy) is 1. The summed E-state index contributed by atoms with van der Waals surface area (Å²) >= 11 is 0. The lowest BCUT2D eigenvalue weighted by molar-refractivity contribution is 0.122. The first kappa shape index (κ1) is 23.0. The van der Waals surface area contributed by atoms with Gasteiger partial charge in [-0.3, -0.25) is 4.57 Å². The van der Waals surface area contributed by atoms with E-state index in [2.05, 4.69) is 22.1 Å². The molecule has 34 heavy (non-hydrogen) atoms. The zero-order valence-electron chi connectivity index (χ0n) is 19.8. The van der Waals surface area contributed by atoms with Gasteiger partial charge >= 0.3 is 0 Å². The minimum Gasteiger partial charge on any atom is -0.378 e. The summed E-state index contributed by atoms with van der Waals surface area (Å²) < 4.78 is 35.1. The Hall–Kier alpha value is -2.81. The van der Waals surface area contributed by atoms with Crippen molar-refractivity contribution in [1.29, 1.82) is 0 Å². The van der Waals surface area contributed by atoms with Gasteiger partial charge in [-0.2, -0.15) is 9.97 Å². The zero-order valence-corrected chi connectivity index (χ0v) is 19.8. The summed E-state index contributed by atoms with van der Waals surface area (Å²) in [7, 11) is 0. The number of halogens is 2. The van der Waals surface area contributed by atoms with E-state index in [1.165, 1.54) is 23.8 Å². The summed E-state index contributed by atoms with van der Waals surface area (Å²) in [5.41, 5.74) is 2.12. The number of nitrogens with one attached hydrogen (secondary N) is 1. The fraction of sp³-hybridized carbons (Fsp3) is 0.560. The van der Waals surface area contributed by atoms with Gasteiger partial charge in [-0.25, -0.2) is 13.8 Å². The van der Waals surface area contributed by atoms with Gasteiger partial charge < -0.3 is 15.0 Å². The number of aryl methyl sites for hydroxylation is 1. The maximum atomic E-state index is 14.1. The van der Waals surface area contributed by atoms with Crippen molar-refractivity contribution in [2.24, 2.45) is 5.92 Å². The van der Waals surface area contributed by atoms with Gasteiger partial charge in [0.25, 0.3) is 6.43 Å². The molecule has 0 radical (unpaired) electrons. The van der Waals surface area contributed by atoms with Crippen LogP contribution < -0.4 is 10.2 Å². The van der Waals surface area contributed by atoms with Gasteiger partial charge in [0.1, 0.15) is 11.6 Å². The molecule has 1 aliphatic carbocycles. The van der Waals surface area contributed by atoms with Crippen LogP contribution in [0.1, 0.15) is 56.8 Å². The Morgan fingerprint density at radius 3 is 2.47 bits per heavy atom. The number of anilines is 2. The third-order valence-corrected chi connectivity index (χ3v) is 7.05. The number of hydrogen-bond donors (Lipinski definition) is 1. The molecule has 1 saturated carbocycles. The molecule has 7 nitrogen and oxygen atoms in total. The maximum Gasteiger partial charge on any atom is 0.296 e. The minimum atomic E-state index is -2.73. The van der Waals surface area contributed by atoms with Crippen molar-refractivity contribution in [2.45, 2.75) is 58.4 Å². The van der Waals surface area contributed by atoms with Crippen molar-refractivity contribution in [3.05, 3.63) is 35.7 Å². The number of morpholine rings is 1. The number of hydrogen-bond acceptors (Lipinski definition) is 6. The quantitative estimate of drug-likeness (QED) is 0.529. The van der Waals surface area contributed by atoms with E-state index in [9.17, 15) is 8.78 Å². The molecule has 0 spiro atoms. The van der Waals surface area contributed by atoms with Crippen LogP contribution in [-0.2, 0) is 4.74 Å². The van der Waals surface area contributed by atoms with Gasteiger partial charge in [-0.05, 0) is 56.2 Å². The number of aromatic nitrogens is 4. The second kappa shape index (κ2) is 9.82. The monoisotopic (exact) mass is 470 g/mol. The standard InChI is InChI=1S/C25H32F2N6O/c1-3-17-5-7-18(8-6-17)28-25-30-21(32-10-12-34-13-11-32)15-22(31-25)33-20-14-16(2)4-9-19(20)29-24(33)23(26)27/h4,9,14-15,17-18,23H,3,5-8,10-13H2,1-2H3,(H,28,30,31). The summed E-state index contributed by atoms with van der Waals surface area (Å²) in [4.78, 5) is 15.9. The zero-order chi connectivity index (χ0) is 23.7. The van der Waals surface area contributed by atoms with Gasteiger partial charge in [0.05, 0.1) is 24.2 Å². The van der Waals surface area contributed by atoms with E-state index in [0.717, 1.165) is 24.3 Å². The van der Waals surface area contributed by atoms with Crippen molar-refractivity contribution in [2.75, 3.05) is 36.5 Å². The first-order valence-electron chi connectivity index (χ1n) is 12.3. The van der Waals surface area contributed by atoms with E-state index < -0.39 is 6.43 Å². The van der Waals surface area contributed by atoms with Gasteiger partial charge in [0.15, 0.2) is 5.82 Å². The third kappa shape index (κ3) is 4.71. The molecule has 0 amide bonds. The van der Waals surface area contributed by atoms with Crippen LogP contribution in [-0.4, -0.2) is 51.9 Å². The van der Waals surface area contributed by atoms with Crippen LogP contribution in [0.25, 0.3) is 16.9 Å². The van der Waals surface area contributed by atoms with Gasteiger partial charge in [-0.15, -0.1) is 0 Å². The number of rotatable bonds is 6. The summed E-state index contributed by atoms with van der Waals surface area (Å²) in [6, 6.07) is 7.62. The summed E-state index contributed by atoms with van der Waals surface area (Å²) in [5, 5.41) is 3.51. The lowest BCUT2D eigenvalue weighted by atomic mass is 9.85. The number of benzene rings is 1. The molecule has 3 aromatic rings.